The molecule has 5 nitrogen and oxygen atoms in total. The van der Waals surface area contributed by atoms with Gasteiger partial charge in [-0.15, -0.1) is 0 Å². The number of ether oxygens (including phenoxy) is 1. The van der Waals surface area contributed by atoms with Gasteiger partial charge in [0.15, 0.2) is 0 Å². The minimum atomic E-state index is -0.564. The molecule has 1 aliphatic heterocycles. The summed E-state index contributed by atoms with van der Waals surface area (Å²) in [6.45, 7) is 5.26. The van der Waals surface area contributed by atoms with Crippen LogP contribution in [0.15, 0.2) is 4.79 Å². The van der Waals surface area contributed by atoms with Gasteiger partial charge in [0.25, 0.3) is 5.56 Å². The van der Waals surface area contributed by atoms with Crippen molar-refractivity contribution in [1.29, 1.82) is 0 Å². The van der Waals surface area contributed by atoms with Gasteiger partial charge in [0, 0.05) is 19.2 Å². The zero-order valence-corrected chi connectivity index (χ0v) is 9.89. The molecule has 16 heavy (non-hydrogen) atoms. The van der Waals surface area contributed by atoms with Crippen molar-refractivity contribution < 1.29 is 4.74 Å². The van der Waals surface area contributed by atoms with Crippen molar-refractivity contribution in [2.24, 2.45) is 0 Å². The van der Waals surface area contributed by atoms with Crippen molar-refractivity contribution >= 4 is 0 Å². The Balaban J connectivity index is 2.51. The van der Waals surface area contributed by atoms with Crippen molar-refractivity contribution in [3.05, 3.63) is 27.4 Å². The van der Waals surface area contributed by atoms with Gasteiger partial charge in [0.05, 0.1) is 5.69 Å². The van der Waals surface area contributed by atoms with Gasteiger partial charge in [-0.05, 0) is 26.8 Å². The number of methoxy groups -OCH3 is 1. The van der Waals surface area contributed by atoms with Crippen molar-refractivity contribution in [3.63, 3.8) is 0 Å². The van der Waals surface area contributed by atoms with Crippen LogP contribution < -0.4 is 10.9 Å². The maximum atomic E-state index is 11.9. The van der Waals surface area contributed by atoms with Gasteiger partial charge in [0.2, 0.25) is 0 Å². The van der Waals surface area contributed by atoms with Crippen LogP contribution in [0.3, 0.4) is 0 Å². The first-order chi connectivity index (χ1) is 7.54. The van der Waals surface area contributed by atoms with Crippen molar-refractivity contribution in [2.45, 2.75) is 32.4 Å². The Labute approximate surface area is 94.2 Å². The van der Waals surface area contributed by atoms with Crippen molar-refractivity contribution in [1.82, 2.24) is 15.3 Å². The van der Waals surface area contributed by atoms with Crippen LogP contribution in [-0.2, 0) is 23.3 Å². The Morgan fingerprint density at radius 3 is 2.88 bits per heavy atom. The number of nitrogens with zero attached hydrogens (tertiary/aromatic N) is 1. The van der Waals surface area contributed by atoms with Gasteiger partial charge in [0.1, 0.15) is 11.4 Å². The molecule has 1 aromatic heterocycles. The normalized spacial score (nSPS) is 15.9. The minimum Gasteiger partial charge on any atom is -0.371 e. The van der Waals surface area contributed by atoms with E-state index in [0.29, 0.717) is 12.4 Å². The topological polar surface area (TPSA) is 67.0 Å². The molecule has 2 rings (SSSR count). The molecule has 5 heteroatoms. The highest BCUT2D eigenvalue weighted by Crippen LogP contribution is 2.20. The molecule has 0 fully saturated rings. The van der Waals surface area contributed by atoms with Crippen LogP contribution in [0, 0.1) is 0 Å². The standard InChI is InChI=1S/C11H17N3O2/c1-11(2,16-3)10-13-8-6-12-5-4-7(8)9(15)14-10/h12H,4-6H2,1-3H3,(H,13,14,15). The van der Waals surface area contributed by atoms with Crippen LogP contribution in [0.25, 0.3) is 0 Å². The summed E-state index contributed by atoms with van der Waals surface area (Å²) in [5, 5.41) is 3.21. The molecule has 0 spiro atoms. The van der Waals surface area contributed by atoms with Crippen molar-refractivity contribution in [3.8, 4) is 0 Å². The molecule has 1 aromatic rings. The number of aromatic amines is 1. The lowest BCUT2D eigenvalue weighted by atomic mass is 10.1. The molecule has 0 unspecified atom stereocenters. The molecule has 0 atom stereocenters. The zero-order chi connectivity index (χ0) is 11.8. The van der Waals surface area contributed by atoms with E-state index in [2.05, 4.69) is 15.3 Å². The second kappa shape index (κ2) is 3.99. The smallest absolute Gasteiger partial charge is 0.254 e. The van der Waals surface area contributed by atoms with Gasteiger partial charge in [-0.25, -0.2) is 4.98 Å². The summed E-state index contributed by atoms with van der Waals surface area (Å²) >= 11 is 0. The van der Waals surface area contributed by atoms with Crippen LogP contribution in [0.2, 0.25) is 0 Å². The third-order valence-electron chi connectivity index (χ3n) is 3.03. The van der Waals surface area contributed by atoms with Gasteiger partial charge < -0.3 is 15.0 Å². The zero-order valence-electron chi connectivity index (χ0n) is 9.89. The fourth-order valence-electron chi connectivity index (χ4n) is 1.75. The van der Waals surface area contributed by atoms with E-state index in [0.717, 1.165) is 24.2 Å². The number of hydrogen-bond acceptors (Lipinski definition) is 4. The largest absolute Gasteiger partial charge is 0.371 e. The Morgan fingerprint density at radius 2 is 2.19 bits per heavy atom. The fourth-order valence-corrected chi connectivity index (χ4v) is 1.75. The number of nitrogens with one attached hydrogen (secondary N) is 2. The number of fused-ring (bicyclic) bond motifs is 1. The highest BCUT2D eigenvalue weighted by atomic mass is 16.5. The molecule has 0 bridgehead atoms. The summed E-state index contributed by atoms with van der Waals surface area (Å²) < 4.78 is 5.32. The molecule has 88 valence electrons. The molecule has 1 aliphatic rings. The molecule has 2 heterocycles. The van der Waals surface area contributed by atoms with Crippen LogP contribution >= 0.6 is 0 Å². The SMILES string of the molecule is COC(C)(C)c1nc2c(c(=O)[nH]1)CCNC2. The summed E-state index contributed by atoms with van der Waals surface area (Å²) in [7, 11) is 1.61. The first-order valence-electron chi connectivity index (χ1n) is 5.43. The summed E-state index contributed by atoms with van der Waals surface area (Å²) in [6.07, 6.45) is 0.741. The molecule has 0 saturated heterocycles. The van der Waals surface area contributed by atoms with Gasteiger partial charge in [-0.3, -0.25) is 4.79 Å². The third kappa shape index (κ3) is 1.88. The van der Waals surface area contributed by atoms with E-state index in [9.17, 15) is 4.79 Å². The van der Waals surface area contributed by atoms with E-state index in [4.69, 9.17) is 4.74 Å². The molecule has 2 N–H and O–H groups in total. The van der Waals surface area contributed by atoms with Crippen molar-refractivity contribution in [2.75, 3.05) is 13.7 Å². The van der Waals surface area contributed by atoms with Crippen LogP contribution in [-0.4, -0.2) is 23.6 Å². The van der Waals surface area contributed by atoms with E-state index < -0.39 is 5.60 Å². The predicted octanol–water partition coefficient (Wildman–Crippen LogP) is 0.297. The first kappa shape index (κ1) is 11.3. The molecular weight excluding hydrogens is 206 g/mol. The average molecular weight is 223 g/mol. The number of rotatable bonds is 2. The van der Waals surface area contributed by atoms with Crippen LogP contribution in [0.1, 0.15) is 30.9 Å². The van der Waals surface area contributed by atoms with E-state index >= 15 is 0 Å². The number of aromatic nitrogens is 2. The molecule has 0 amide bonds. The highest BCUT2D eigenvalue weighted by molar-refractivity contribution is 5.21. The maximum absolute atomic E-state index is 11.9. The van der Waals surface area contributed by atoms with E-state index in [1.165, 1.54) is 0 Å². The van der Waals surface area contributed by atoms with E-state index in [-0.39, 0.29) is 5.56 Å². The van der Waals surface area contributed by atoms with Gasteiger partial charge >= 0.3 is 0 Å². The molecule has 0 aromatic carbocycles. The Morgan fingerprint density at radius 1 is 1.44 bits per heavy atom. The summed E-state index contributed by atoms with van der Waals surface area (Å²) in [4.78, 5) is 19.1. The highest BCUT2D eigenvalue weighted by Gasteiger charge is 2.25. The van der Waals surface area contributed by atoms with Gasteiger partial charge in [-0.2, -0.15) is 0 Å². The summed E-state index contributed by atoms with van der Waals surface area (Å²) in [5.74, 6) is 0.586. The van der Waals surface area contributed by atoms with E-state index in [1.54, 1.807) is 7.11 Å². The monoisotopic (exact) mass is 223 g/mol. The Kier molecular flexibility index (Phi) is 2.82. The predicted molar refractivity (Wildman–Crippen MR) is 60.3 cm³/mol. The average Bonchev–Trinajstić information content (AvgIpc) is 2.29. The first-order valence-corrected chi connectivity index (χ1v) is 5.43. The summed E-state index contributed by atoms with van der Waals surface area (Å²) in [6, 6.07) is 0. The minimum absolute atomic E-state index is 0.0355. The Hall–Kier alpha value is -1.20. The fraction of sp³-hybridized carbons (Fsp3) is 0.636. The van der Waals surface area contributed by atoms with Crippen LogP contribution in [0.5, 0.6) is 0 Å². The molecule has 0 saturated carbocycles. The second-order valence-corrected chi connectivity index (χ2v) is 4.48. The lowest BCUT2D eigenvalue weighted by Crippen LogP contribution is -2.35. The lowest BCUT2D eigenvalue weighted by molar-refractivity contribution is 0.0110. The summed E-state index contributed by atoms with van der Waals surface area (Å²) in [5.41, 5.74) is 1.04. The number of hydrogen-bond donors (Lipinski definition) is 2. The third-order valence-corrected chi connectivity index (χ3v) is 3.03. The second-order valence-electron chi connectivity index (χ2n) is 4.48. The lowest BCUT2D eigenvalue weighted by Gasteiger charge is -2.24. The Bertz CT molecular complexity index is 451. The van der Waals surface area contributed by atoms with E-state index in [1.807, 2.05) is 13.8 Å². The van der Waals surface area contributed by atoms with Gasteiger partial charge in [-0.1, -0.05) is 0 Å². The van der Waals surface area contributed by atoms with Crippen LogP contribution in [0.4, 0.5) is 0 Å². The molecular formula is C11H17N3O2. The quantitative estimate of drug-likeness (QED) is 0.756. The maximum Gasteiger partial charge on any atom is 0.254 e. The number of H-pyrrole nitrogens is 1. The molecule has 0 radical (unpaired) electrons. The molecule has 0 aliphatic carbocycles.